The third-order valence-corrected chi connectivity index (χ3v) is 5.83. The van der Waals surface area contributed by atoms with Crippen LogP contribution in [-0.4, -0.2) is 46.1 Å². The molecule has 7 nitrogen and oxygen atoms in total. The number of ether oxygens (including phenoxy) is 1. The number of amidine groups is 2. The molecule has 2 amide bonds. The zero-order valence-corrected chi connectivity index (χ0v) is 18.3. The van der Waals surface area contributed by atoms with Gasteiger partial charge in [0.25, 0.3) is 5.91 Å². The van der Waals surface area contributed by atoms with E-state index in [-0.39, 0.29) is 17.6 Å². The molecule has 0 bridgehead atoms. The fraction of sp³-hybridized carbons (Fsp3) is 0.304. The molecular weight excluding hydrogens is 412 g/mol. The molecule has 0 fully saturated rings. The Morgan fingerprint density at radius 3 is 2.68 bits per heavy atom. The van der Waals surface area contributed by atoms with E-state index in [9.17, 15) is 9.59 Å². The van der Waals surface area contributed by atoms with Gasteiger partial charge in [-0.25, -0.2) is 9.89 Å². The number of hydrogen-bond acceptors (Lipinski definition) is 6. The Morgan fingerprint density at radius 2 is 1.94 bits per heavy atom. The van der Waals surface area contributed by atoms with Gasteiger partial charge < -0.3 is 10.1 Å². The summed E-state index contributed by atoms with van der Waals surface area (Å²) < 4.78 is 5.42. The van der Waals surface area contributed by atoms with Gasteiger partial charge in [0.05, 0.1) is 18.0 Å². The van der Waals surface area contributed by atoms with Gasteiger partial charge >= 0.3 is 0 Å². The number of para-hydroxylation sites is 1. The Balaban J connectivity index is 1.47. The summed E-state index contributed by atoms with van der Waals surface area (Å²) in [4.78, 5) is 36.4. The number of carbonyl (C=O) groups excluding carboxylic acids is 2. The average molecular weight is 437 g/mol. The van der Waals surface area contributed by atoms with Gasteiger partial charge in [-0.3, -0.25) is 14.6 Å². The monoisotopic (exact) mass is 436 g/mol. The van der Waals surface area contributed by atoms with Gasteiger partial charge in [-0.2, -0.15) is 0 Å². The van der Waals surface area contributed by atoms with E-state index in [1.165, 1.54) is 11.8 Å². The lowest BCUT2D eigenvalue weighted by molar-refractivity contribution is -0.124. The summed E-state index contributed by atoms with van der Waals surface area (Å²) >= 11 is 1.24. The topological polar surface area (TPSA) is 83.4 Å². The number of benzene rings is 2. The number of thioether (sulfide) groups is 1. The largest absolute Gasteiger partial charge is 0.494 e. The number of carbonyl (C=O) groups is 2. The third-order valence-electron chi connectivity index (χ3n) is 4.89. The van der Waals surface area contributed by atoms with E-state index in [2.05, 4.69) is 15.3 Å². The number of aliphatic imine (C=N–C) groups is 2. The highest BCUT2D eigenvalue weighted by molar-refractivity contribution is 8.14. The van der Waals surface area contributed by atoms with Crippen molar-refractivity contribution < 1.29 is 14.3 Å². The fourth-order valence-electron chi connectivity index (χ4n) is 3.49. The van der Waals surface area contributed by atoms with E-state index in [0.717, 1.165) is 23.4 Å². The molecule has 1 atom stereocenters. The van der Waals surface area contributed by atoms with Crippen molar-refractivity contribution in [2.24, 2.45) is 9.98 Å². The van der Waals surface area contributed by atoms with Crippen LogP contribution in [-0.2, 0) is 9.59 Å². The summed E-state index contributed by atoms with van der Waals surface area (Å²) in [6.45, 7) is 4.55. The summed E-state index contributed by atoms with van der Waals surface area (Å²) in [5.41, 5.74) is 2.29. The second-order valence-electron chi connectivity index (χ2n) is 7.14. The normalized spacial score (nSPS) is 16.9. The van der Waals surface area contributed by atoms with Crippen molar-refractivity contribution in [3.05, 3.63) is 54.1 Å². The van der Waals surface area contributed by atoms with Crippen molar-refractivity contribution in [2.75, 3.05) is 17.7 Å². The lowest BCUT2D eigenvalue weighted by Gasteiger charge is -2.25. The van der Waals surface area contributed by atoms with Crippen molar-refractivity contribution in [2.45, 2.75) is 32.7 Å². The van der Waals surface area contributed by atoms with Crippen molar-refractivity contribution in [3.63, 3.8) is 0 Å². The van der Waals surface area contributed by atoms with Crippen LogP contribution >= 0.6 is 11.8 Å². The molecule has 1 N–H and O–H groups in total. The smallest absolute Gasteiger partial charge is 0.259 e. The maximum atomic E-state index is 13.0. The second-order valence-corrected chi connectivity index (χ2v) is 8.08. The van der Waals surface area contributed by atoms with E-state index in [0.29, 0.717) is 29.7 Å². The van der Waals surface area contributed by atoms with E-state index in [1.54, 1.807) is 17.0 Å². The van der Waals surface area contributed by atoms with Gasteiger partial charge in [-0.1, -0.05) is 37.2 Å². The summed E-state index contributed by atoms with van der Waals surface area (Å²) in [6.07, 6.45) is 1.56. The van der Waals surface area contributed by atoms with Crippen LogP contribution in [0.3, 0.4) is 0 Å². The highest BCUT2D eigenvalue weighted by Crippen LogP contribution is 2.34. The molecule has 8 heteroatoms. The minimum absolute atomic E-state index is 0.0791. The molecular formula is C23H24N4O3S. The van der Waals surface area contributed by atoms with Crippen LogP contribution in [0.4, 0.5) is 11.4 Å². The van der Waals surface area contributed by atoms with E-state index >= 15 is 0 Å². The fourth-order valence-corrected chi connectivity index (χ4v) is 4.29. The van der Waals surface area contributed by atoms with Crippen LogP contribution in [0.2, 0.25) is 0 Å². The predicted octanol–water partition coefficient (Wildman–Crippen LogP) is 4.22. The molecule has 2 aromatic rings. The first-order valence-corrected chi connectivity index (χ1v) is 11.3. The van der Waals surface area contributed by atoms with E-state index < -0.39 is 6.04 Å². The molecule has 2 aliphatic rings. The number of amides is 2. The first-order chi connectivity index (χ1) is 15.1. The van der Waals surface area contributed by atoms with Crippen molar-refractivity contribution >= 4 is 46.0 Å². The lowest BCUT2D eigenvalue weighted by atomic mass is 10.1. The summed E-state index contributed by atoms with van der Waals surface area (Å²) in [5.74, 6) is 1.26. The summed E-state index contributed by atoms with van der Waals surface area (Å²) in [7, 11) is 0. The van der Waals surface area contributed by atoms with Gasteiger partial charge in [0, 0.05) is 11.3 Å². The molecule has 0 saturated heterocycles. The van der Waals surface area contributed by atoms with Crippen LogP contribution in [0.25, 0.3) is 0 Å². The van der Waals surface area contributed by atoms with Gasteiger partial charge in [0.15, 0.2) is 5.17 Å². The number of nitrogens with one attached hydrogen (secondary N) is 1. The van der Waals surface area contributed by atoms with Crippen LogP contribution < -0.4 is 10.1 Å². The summed E-state index contributed by atoms with van der Waals surface area (Å²) in [6, 6.07) is 14.5. The Kier molecular flexibility index (Phi) is 6.36. The molecule has 0 unspecified atom stereocenters. The van der Waals surface area contributed by atoms with Gasteiger partial charge in [-0.05, 0) is 49.7 Å². The van der Waals surface area contributed by atoms with Crippen LogP contribution in [0.5, 0.6) is 5.75 Å². The standard InChI is InChI=1S/C23H24N4O3S/c1-3-7-19-22(29)27-21(25-19)17-8-5-6-9-18(17)26-23(27)31-14-20(28)24-15-10-12-16(13-11-15)30-4-2/h5-6,8-13,19H,3-4,7,14H2,1-2H3,(H,24,28)/t19-/m0/s1. The Morgan fingerprint density at radius 1 is 1.16 bits per heavy atom. The number of fused-ring (bicyclic) bond motifs is 3. The summed E-state index contributed by atoms with van der Waals surface area (Å²) in [5, 5.41) is 3.35. The highest BCUT2D eigenvalue weighted by atomic mass is 32.2. The predicted molar refractivity (Wildman–Crippen MR) is 124 cm³/mol. The van der Waals surface area contributed by atoms with Crippen molar-refractivity contribution in [3.8, 4) is 5.75 Å². The molecule has 160 valence electrons. The average Bonchev–Trinajstić information content (AvgIpc) is 3.11. The molecule has 4 rings (SSSR count). The molecule has 0 aliphatic carbocycles. The van der Waals surface area contributed by atoms with Crippen LogP contribution in [0.1, 0.15) is 32.3 Å². The van der Waals surface area contributed by atoms with Gasteiger partial charge in [-0.15, -0.1) is 0 Å². The maximum Gasteiger partial charge on any atom is 0.259 e. The molecule has 0 saturated carbocycles. The van der Waals surface area contributed by atoms with Crippen molar-refractivity contribution in [1.82, 2.24) is 4.90 Å². The molecule has 0 radical (unpaired) electrons. The number of hydrogen-bond donors (Lipinski definition) is 1. The third kappa shape index (κ3) is 4.49. The first-order valence-electron chi connectivity index (χ1n) is 10.4. The van der Waals surface area contributed by atoms with Crippen molar-refractivity contribution in [1.29, 1.82) is 0 Å². The molecule has 2 aromatic carbocycles. The van der Waals surface area contributed by atoms with E-state index in [4.69, 9.17) is 4.74 Å². The minimum atomic E-state index is -0.394. The lowest BCUT2D eigenvalue weighted by Crippen LogP contribution is -2.41. The molecule has 31 heavy (non-hydrogen) atoms. The molecule has 2 heterocycles. The SMILES string of the molecule is CCC[C@@H]1N=C2c3ccccc3N=C(SCC(=O)Nc3ccc(OCC)cc3)N2C1=O. The number of anilines is 1. The molecule has 0 aromatic heterocycles. The van der Waals surface area contributed by atoms with E-state index in [1.807, 2.05) is 50.2 Å². The molecule has 2 aliphatic heterocycles. The van der Waals surface area contributed by atoms with Gasteiger partial charge in [0.2, 0.25) is 5.91 Å². The zero-order valence-electron chi connectivity index (χ0n) is 17.5. The zero-order chi connectivity index (χ0) is 21.8. The Bertz CT molecular complexity index is 1050. The number of nitrogens with zero attached hydrogens (tertiary/aromatic N) is 3. The number of rotatable bonds is 7. The second kappa shape index (κ2) is 9.34. The quantitative estimate of drug-likeness (QED) is 0.705. The van der Waals surface area contributed by atoms with Crippen LogP contribution in [0.15, 0.2) is 58.5 Å². The highest BCUT2D eigenvalue weighted by Gasteiger charge is 2.40. The van der Waals surface area contributed by atoms with Gasteiger partial charge in [0.1, 0.15) is 17.6 Å². The minimum Gasteiger partial charge on any atom is -0.494 e. The first kappa shape index (κ1) is 21.1. The maximum absolute atomic E-state index is 13.0. The molecule has 0 spiro atoms. The Hall–Kier alpha value is -3.13. The van der Waals surface area contributed by atoms with Crippen LogP contribution in [0, 0.1) is 0 Å². The Labute approximate surface area is 185 Å².